The molecule has 8 heteroatoms. The van der Waals surface area contributed by atoms with Crippen LogP contribution >= 0.6 is 11.6 Å². The van der Waals surface area contributed by atoms with Crippen LogP contribution in [0, 0.1) is 5.92 Å². The van der Waals surface area contributed by atoms with Gasteiger partial charge in [0, 0.05) is 29.7 Å². The number of nitrogens with one attached hydrogen (secondary N) is 3. The van der Waals surface area contributed by atoms with Gasteiger partial charge >= 0.3 is 6.09 Å². The number of alkyl carbamates (subject to hydrolysis) is 1. The summed E-state index contributed by atoms with van der Waals surface area (Å²) in [7, 11) is 3.21. The topological polar surface area (TPSA) is 88.7 Å². The second-order valence-electron chi connectivity index (χ2n) is 8.17. The van der Waals surface area contributed by atoms with Gasteiger partial charge in [0.2, 0.25) is 0 Å². The third kappa shape index (κ3) is 9.04. The van der Waals surface area contributed by atoms with Crippen molar-refractivity contribution in [2.45, 2.75) is 32.4 Å². The number of amides is 2. The van der Waals surface area contributed by atoms with E-state index in [4.69, 9.17) is 16.3 Å². The number of methoxy groups -OCH3 is 1. The second-order valence-corrected chi connectivity index (χ2v) is 8.61. The number of hydrogen-bond donors (Lipinski definition) is 3. The number of carbonyl (C=O) groups excluding carboxylic acids is 2. The van der Waals surface area contributed by atoms with Crippen LogP contribution in [0.25, 0.3) is 0 Å². The van der Waals surface area contributed by atoms with Crippen LogP contribution in [0.4, 0.5) is 4.79 Å². The van der Waals surface area contributed by atoms with Crippen LogP contribution in [-0.2, 0) is 9.47 Å². The van der Waals surface area contributed by atoms with Gasteiger partial charge < -0.3 is 25.4 Å². The van der Waals surface area contributed by atoms with Crippen LogP contribution in [0.5, 0.6) is 0 Å². The van der Waals surface area contributed by atoms with E-state index in [0.29, 0.717) is 23.0 Å². The van der Waals surface area contributed by atoms with Crippen molar-refractivity contribution in [3.05, 3.63) is 70.2 Å². The summed E-state index contributed by atoms with van der Waals surface area (Å²) < 4.78 is 10.7. The first kappa shape index (κ1) is 26.6. The van der Waals surface area contributed by atoms with E-state index in [2.05, 4.69) is 34.5 Å². The van der Waals surface area contributed by atoms with Gasteiger partial charge in [-0.15, -0.1) is 0 Å². The molecule has 33 heavy (non-hydrogen) atoms. The van der Waals surface area contributed by atoms with Crippen molar-refractivity contribution in [1.29, 1.82) is 0 Å². The highest BCUT2D eigenvalue weighted by atomic mass is 35.5. The number of benzene rings is 2. The van der Waals surface area contributed by atoms with Gasteiger partial charge in [-0.2, -0.15) is 0 Å². The van der Waals surface area contributed by atoms with Crippen molar-refractivity contribution in [2.24, 2.45) is 5.92 Å². The molecule has 7 nitrogen and oxygen atoms in total. The Morgan fingerprint density at radius 3 is 2.36 bits per heavy atom. The molecule has 180 valence electrons. The molecule has 0 saturated heterocycles. The maximum atomic E-state index is 12.8. The third-order valence-corrected chi connectivity index (χ3v) is 5.35. The summed E-state index contributed by atoms with van der Waals surface area (Å²) in [6, 6.07) is 14.9. The number of carbonyl (C=O) groups is 2. The van der Waals surface area contributed by atoms with Crippen LogP contribution < -0.4 is 16.0 Å². The van der Waals surface area contributed by atoms with E-state index in [1.165, 1.54) is 7.11 Å². The zero-order chi connectivity index (χ0) is 24.2. The number of halogens is 1. The average Bonchev–Trinajstić information content (AvgIpc) is 2.81. The van der Waals surface area contributed by atoms with E-state index >= 15 is 0 Å². The minimum absolute atomic E-state index is 0.141. The van der Waals surface area contributed by atoms with Crippen molar-refractivity contribution in [2.75, 3.05) is 33.9 Å². The first-order valence-corrected chi connectivity index (χ1v) is 11.5. The summed E-state index contributed by atoms with van der Waals surface area (Å²) in [4.78, 5) is 24.1. The Balaban J connectivity index is 2.15. The Morgan fingerprint density at radius 2 is 1.73 bits per heavy atom. The Bertz CT molecular complexity index is 907. The molecule has 0 heterocycles. The molecular weight excluding hydrogens is 442 g/mol. The summed E-state index contributed by atoms with van der Waals surface area (Å²) in [5.74, 6) is 0.394. The normalized spacial score (nSPS) is 12.8. The number of ether oxygens (including phenoxy) is 2. The van der Waals surface area contributed by atoms with Gasteiger partial charge in [-0.3, -0.25) is 4.79 Å². The summed E-state index contributed by atoms with van der Waals surface area (Å²) in [5, 5.41) is 9.45. The fraction of sp³-hybridized carbons (Fsp3) is 0.440. The SMILES string of the molecule is CNC(CNC(=O)c1cccc([C@@H](OCCNC(=O)OC)c2cccc(Cl)c2)c1)CC(C)C. The first-order valence-electron chi connectivity index (χ1n) is 11.1. The van der Waals surface area contributed by atoms with Gasteiger partial charge in [0.1, 0.15) is 6.10 Å². The van der Waals surface area contributed by atoms with E-state index in [1.807, 2.05) is 43.4 Å². The monoisotopic (exact) mass is 475 g/mol. The Kier molecular flexibility index (Phi) is 11.2. The fourth-order valence-corrected chi connectivity index (χ4v) is 3.69. The Hall–Kier alpha value is -2.61. The molecule has 1 unspecified atom stereocenters. The van der Waals surface area contributed by atoms with Crippen LogP contribution in [0.3, 0.4) is 0 Å². The molecular formula is C25H34ClN3O4. The lowest BCUT2D eigenvalue weighted by atomic mass is 9.99. The zero-order valence-electron chi connectivity index (χ0n) is 19.7. The molecule has 0 aliphatic carbocycles. The maximum absolute atomic E-state index is 12.8. The highest BCUT2D eigenvalue weighted by Gasteiger charge is 2.18. The Morgan fingerprint density at radius 1 is 1.03 bits per heavy atom. The smallest absolute Gasteiger partial charge is 0.406 e. The van der Waals surface area contributed by atoms with Gasteiger partial charge in [0.05, 0.1) is 13.7 Å². The van der Waals surface area contributed by atoms with Gasteiger partial charge in [-0.05, 0) is 54.8 Å². The molecule has 0 aliphatic rings. The molecule has 2 atom stereocenters. The molecule has 0 aliphatic heterocycles. The quantitative estimate of drug-likeness (QED) is 0.401. The molecule has 2 aromatic rings. The minimum Gasteiger partial charge on any atom is -0.453 e. The van der Waals surface area contributed by atoms with Crippen molar-refractivity contribution in [3.63, 3.8) is 0 Å². The van der Waals surface area contributed by atoms with Crippen LogP contribution in [0.1, 0.15) is 47.9 Å². The van der Waals surface area contributed by atoms with Gasteiger partial charge in [0.15, 0.2) is 0 Å². The molecule has 0 spiro atoms. The highest BCUT2D eigenvalue weighted by molar-refractivity contribution is 6.30. The van der Waals surface area contributed by atoms with Crippen LogP contribution in [0.15, 0.2) is 48.5 Å². The van der Waals surface area contributed by atoms with E-state index in [0.717, 1.165) is 17.5 Å². The molecule has 2 amide bonds. The first-order chi connectivity index (χ1) is 15.8. The van der Waals surface area contributed by atoms with Crippen molar-refractivity contribution >= 4 is 23.6 Å². The molecule has 0 aromatic heterocycles. The number of hydrogen-bond acceptors (Lipinski definition) is 5. The molecule has 3 N–H and O–H groups in total. The van der Waals surface area contributed by atoms with Crippen LogP contribution in [-0.4, -0.2) is 51.9 Å². The maximum Gasteiger partial charge on any atom is 0.406 e. The summed E-state index contributed by atoms with van der Waals surface area (Å²) in [6.07, 6.45) is -0.00278. The largest absolute Gasteiger partial charge is 0.453 e. The lowest BCUT2D eigenvalue weighted by Crippen LogP contribution is -2.40. The number of rotatable bonds is 12. The Labute approximate surface area is 201 Å². The zero-order valence-corrected chi connectivity index (χ0v) is 20.4. The highest BCUT2D eigenvalue weighted by Crippen LogP contribution is 2.28. The molecule has 0 saturated carbocycles. The summed E-state index contributed by atoms with van der Waals surface area (Å²) in [5.41, 5.74) is 2.22. The van der Waals surface area contributed by atoms with E-state index in [1.54, 1.807) is 12.1 Å². The summed E-state index contributed by atoms with van der Waals surface area (Å²) >= 11 is 6.20. The molecule has 2 rings (SSSR count). The van der Waals surface area contributed by atoms with E-state index < -0.39 is 12.2 Å². The average molecular weight is 476 g/mol. The van der Waals surface area contributed by atoms with Crippen LogP contribution in [0.2, 0.25) is 5.02 Å². The number of likely N-dealkylation sites (N-methyl/N-ethyl adjacent to an activating group) is 1. The molecule has 0 radical (unpaired) electrons. The van der Waals surface area contributed by atoms with Crippen molar-refractivity contribution < 1.29 is 19.1 Å². The molecule has 2 aromatic carbocycles. The third-order valence-electron chi connectivity index (χ3n) is 5.12. The predicted octanol–water partition coefficient (Wildman–Crippen LogP) is 4.17. The fourth-order valence-electron chi connectivity index (χ4n) is 3.49. The predicted molar refractivity (Wildman–Crippen MR) is 131 cm³/mol. The molecule has 0 bridgehead atoms. The van der Waals surface area contributed by atoms with Crippen molar-refractivity contribution in [3.8, 4) is 0 Å². The van der Waals surface area contributed by atoms with Gasteiger partial charge in [-0.25, -0.2) is 4.79 Å². The standard InChI is InChI=1S/C25H34ClN3O4/c1-17(2)13-22(27-3)16-29-24(30)20-9-5-7-18(14-20)23(19-8-6-10-21(26)15-19)33-12-11-28-25(31)32-4/h5-10,14-15,17,22-23,27H,11-13,16H2,1-4H3,(H,28,31)(H,29,30)/t22?,23-/m1/s1. The van der Waals surface area contributed by atoms with E-state index in [-0.39, 0.29) is 25.1 Å². The lowest BCUT2D eigenvalue weighted by Gasteiger charge is -2.21. The second kappa shape index (κ2) is 13.8. The van der Waals surface area contributed by atoms with Gasteiger partial charge in [0.25, 0.3) is 5.91 Å². The molecule has 0 fully saturated rings. The van der Waals surface area contributed by atoms with Gasteiger partial charge in [-0.1, -0.05) is 49.7 Å². The van der Waals surface area contributed by atoms with Crippen molar-refractivity contribution in [1.82, 2.24) is 16.0 Å². The minimum atomic E-state index is -0.520. The lowest BCUT2D eigenvalue weighted by molar-refractivity contribution is 0.0804. The van der Waals surface area contributed by atoms with E-state index in [9.17, 15) is 9.59 Å². The summed E-state index contributed by atoms with van der Waals surface area (Å²) in [6.45, 7) is 5.40.